The van der Waals surface area contributed by atoms with Crippen LogP contribution in [0.15, 0.2) is 28.2 Å². The Hall–Kier alpha value is -1.59. The van der Waals surface area contributed by atoms with Crippen molar-refractivity contribution in [3.8, 4) is 0 Å². The largest absolute Gasteiger partial charge is 0.468 e. The average molecular weight is 359 g/mol. The van der Waals surface area contributed by atoms with E-state index in [1.165, 1.54) is 42.5 Å². The smallest absolute Gasteiger partial charge is 0.252 e. The molecule has 1 saturated heterocycles. The van der Waals surface area contributed by atoms with Gasteiger partial charge >= 0.3 is 0 Å². The summed E-state index contributed by atoms with van der Waals surface area (Å²) in [5.74, 6) is 1.03. The number of hydrogen-bond acceptors (Lipinski definition) is 4. The Morgan fingerprint density at radius 3 is 2.84 bits per heavy atom. The molecule has 2 aromatic rings. The molecule has 0 spiro atoms. The van der Waals surface area contributed by atoms with Crippen molar-refractivity contribution in [2.24, 2.45) is 0 Å². The Kier molecular flexibility index (Phi) is 5.22. The van der Waals surface area contributed by atoms with Crippen molar-refractivity contribution < 1.29 is 9.21 Å². The Bertz CT molecular complexity index is 701. The zero-order chi connectivity index (χ0) is 17.1. The highest BCUT2D eigenvalue weighted by Gasteiger charge is 2.26. The van der Waals surface area contributed by atoms with Gasteiger partial charge in [-0.3, -0.25) is 9.69 Å². The molecule has 0 radical (unpaired) electrons. The summed E-state index contributed by atoms with van der Waals surface area (Å²) in [6.45, 7) is 2.77. The molecule has 0 aromatic carbocycles. The van der Waals surface area contributed by atoms with Crippen molar-refractivity contribution in [2.75, 3.05) is 19.6 Å². The number of fused-ring (bicyclic) bond motifs is 1. The second-order valence-electron chi connectivity index (χ2n) is 7.10. The Labute approximate surface area is 153 Å². The van der Waals surface area contributed by atoms with E-state index in [1.54, 1.807) is 17.6 Å². The molecular weight excluding hydrogens is 332 g/mol. The van der Waals surface area contributed by atoms with Crippen LogP contribution in [-0.2, 0) is 12.8 Å². The van der Waals surface area contributed by atoms with Crippen molar-refractivity contribution in [2.45, 2.75) is 51.0 Å². The molecule has 1 fully saturated rings. The molecule has 4 nitrogen and oxygen atoms in total. The van der Waals surface area contributed by atoms with Crippen molar-refractivity contribution in [3.63, 3.8) is 0 Å². The molecule has 1 aliphatic heterocycles. The Morgan fingerprint density at radius 2 is 2.04 bits per heavy atom. The predicted molar refractivity (Wildman–Crippen MR) is 100 cm³/mol. The summed E-state index contributed by atoms with van der Waals surface area (Å²) < 4.78 is 5.67. The fourth-order valence-corrected chi connectivity index (χ4v) is 5.22. The summed E-state index contributed by atoms with van der Waals surface area (Å²) in [5, 5.41) is 5.24. The third-order valence-electron chi connectivity index (χ3n) is 5.46. The van der Waals surface area contributed by atoms with Gasteiger partial charge in [-0.25, -0.2) is 0 Å². The number of piperidine rings is 1. The van der Waals surface area contributed by atoms with Crippen LogP contribution < -0.4 is 5.32 Å². The van der Waals surface area contributed by atoms with Crippen molar-refractivity contribution in [3.05, 3.63) is 45.5 Å². The summed E-state index contributed by atoms with van der Waals surface area (Å²) >= 11 is 1.75. The zero-order valence-corrected chi connectivity index (χ0v) is 15.4. The van der Waals surface area contributed by atoms with Gasteiger partial charge in [-0.1, -0.05) is 6.42 Å². The molecule has 1 aliphatic carbocycles. The molecule has 1 atom stereocenters. The highest BCUT2D eigenvalue weighted by molar-refractivity contribution is 7.10. The maximum atomic E-state index is 12.8. The molecule has 134 valence electrons. The molecule has 4 rings (SSSR count). The molecule has 0 saturated carbocycles. The first-order valence-corrected chi connectivity index (χ1v) is 10.4. The van der Waals surface area contributed by atoms with E-state index in [0.717, 1.165) is 37.3 Å². The number of furan rings is 1. The van der Waals surface area contributed by atoms with Crippen LogP contribution in [0, 0.1) is 0 Å². The summed E-state index contributed by atoms with van der Waals surface area (Å²) in [4.78, 5) is 16.6. The lowest BCUT2D eigenvalue weighted by Gasteiger charge is -2.33. The van der Waals surface area contributed by atoms with Gasteiger partial charge in [-0.05, 0) is 69.3 Å². The van der Waals surface area contributed by atoms with E-state index in [4.69, 9.17) is 4.42 Å². The normalized spacial score (nSPS) is 19.4. The van der Waals surface area contributed by atoms with Gasteiger partial charge < -0.3 is 9.73 Å². The van der Waals surface area contributed by atoms with Crippen molar-refractivity contribution in [1.82, 2.24) is 10.2 Å². The minimum atomic E-state index is 0.0768. The first-order chi connectivity index (χ1) is 12.3. The van der Waals surface area contributed by atoms with Crippen LogP contribution in [0.5, 0.6) is 0 Å². The molecule has 1 unspecified atom stereocenters. The van der Waals surface area contributed by atoms with E-state index < -0.39 is 0 Å². The molecule has 3 heterocycles. The van der Waals surface area contributed by atoms with E-state index in [0.29, 0.717) is 6.54 Å². The van der Waals surface area contributed by atoms with Crippen LogP contribution in [-0.4, -0.2) is 30.4 Å². The second-order valence-corrected chi connectivity index (χ2v) is 8.06. The van der Waals surface area contributed by atoms with Crippen molar-refractivity contribution in [1.29, 1.82) is 0 Å². The predicted octanol–water partition coefficient (Wildman–Crippen LogP) is 4.18. The molecular formula is C20H26N2O2S. The van der Waals surface area contributed by atoms with Crippen molar-refractivity contribution >= 4 is 17.2 Å². The topological polar surface area (TPSA) is 45.5 Å². The fraction of sp³-hybridized carbons (Fsp3) is 0.550. The number of nitrogens with one attached hydrogen (secondary N) is 1. The molecule has 1 amide bonds. The average Bonchev–Trinajstić information content (AvgIpc) is 3.32. The number of thiophene rings is 1. The van der Waals surface area contributed by atoms with Gasteiger partial charge in [-0.15, -0.1) is 11.3 Å². The number of nitrogens with zero attached hydrogens (tertiary/aromatic N) is 1. The first kappa shape index (κ1) is 16.9. The lowest BCUT2D eigenvalue weighted by atomic mass is 9.95. The molecule has 1 N–H and O–H groups in total. The highest BCUT2D eigenvalue weighted by Crippen LogP contribution is 2.30. The van der Waals surface area contributed by atoms with Crippen LogP contribution in [0.1, 0.15) is 64.7 Å². The van der Waals surface area contributed by atoms with Crippen LogP contribution in [0.2, 0.25) is 0 Å². The summed E-state index contributed by atoms with van der Waals surface area (Å²) in [6.07, 6.45) is 10.1. The van der Waals surface area contributed by atoms with Gasteiger partial charge in [0.1, 0.15) is 5.76 Å². The highest BCUT2D eigenvalue weighted by atomic mass is 32.1. The number of rotatable bonds is 5. The number of aryl methyl sites for hydroxylation is 1. The Balaban J connectivity index is 1.45. The fourth-order valence-electron chi connectivity index (χ4n) is 4.09. The summed E-state index contributed by atoms with van der Waals surface area (Å²) in [5.41, 5.74) is 2.19. The van der Waals surface area contributed by atoms with Gasteiger partial charge in [0, 0.05) is 16.8 Å². The number of carbonyl (C=O) groups is 1. The summed E-state index contributed by atoms with van der Waals surface area (Å²) in [6, 6.07) is 4.09. The SMILES string of the molecule is O=C(NCC(c1ccco1)N1CCCCC1)c1csc2c1CCCC2. The second kappa shape index (κ2) is 7.75. The molecule has 25 heavy (non-hydrogen) atoms. The monoisotopic (exact) mass is 358 g/mol. The molecule has 2 aliphatic rings. The van der Waals surface area contributed by atoms with E-state index in [1.807, 2.05) is 17.5 Å². The third-order valence-corrected chi connectivity index (χ3v) is 6.55. The standard InChI is InChI=1S/C20H26N2O2S/c23-20(16-14-25-19-9-3-2-7-15(16)19)21-13-17(18-8-6-12-24-18)22-10-4-1-5-11-22/h6,8,12,14,17H,1-5,7,9-11,13H2,(H,21,23). The van der Waals surface area contributed by atoms with Gasteiger partial charge in [0.05, 0.1) is 17.9 Å². The lowest BCUT2D eigenvalue weighted by Crippen LogP contribution is -2.40. The number of hydrogen-bond donors (Lipinski definition) is 1. The van der Waals surface area contributed by atoms with E-state index in [-0.39, 0.29) is 11.9 Å². The van der Waals surface area contributed by atoms with Gasteiger partial charge in [0.15, 0.2) is 0 Å². The van der Waals surface area contributed by atoms with E-state index >= 15 is 0 Å². The maximum absolute atomic E-state index is 12.8. The van der Waals surface area contributed by atoms with Gasteiger partial charge in [-0.2, -0.15) is 0 Å². The van der Waals surface area contributed by atoms with Crippen LogP contribution in [0.3, 0.4) is 0 Å². The Morgan fingerprint density at radius 1 is 1.20 bits per heavy atom. The maximum Gasteiger partial charge on any atom is 0.252 e. The van der Waals surface area contributed by atoms with Crippen LogP contribution in [0.4, 0.5) is 0 Å². The number of likely N-dealkylation sites (tertiary alicyclic amines) is 1. The quantitative estimate of drug-likeness (QED) is 0.872. The third kappa shape index (κ3) is 3.67. The van der Waals surface area contributed by atoms with E-state index in [9.17, 15) is 4.79 Å². The first-order valence-electron chi connectivity index (χ1n) is 9.48. The number of carbonyl (C=O) groups excluding carboxylic acids is 1. The minimum absolute atomic E-state index is 0.0768. The molecule has 5 heteroatoms. The molecule has 2 aromatic heterocycles. The zero-order valence-electron chi connectivity index (χ0n) is 14.6. The van der Waals surface area contributed by atoms with Crippen LogP contribution >= 0.6 is 11.3 Å². The number of amides is 1. The van der Waals surface area contributed by atoms with Gasteiger partial charge in [0.25, 0.3) is 5.91 Å². The minimum Gasteiger partial charge on any atom is -0.468 e. The van der Waals surface area contributed by atoms with E-state index in [2.05, 4.69) is 10.2 Å². The lowest BCUT2D eigenvalue weighted by molar-refractivity contribution is 0.0913. The van der Waals surface area contributed by atoms with Crippen LogP contribution in [0.25, 0.3) is 0 Å². The summed E-state index contributed by atoms with van der Waals surface area (Å²) in [7, 11) is 0. The molecule has 0 bridgehead atoms. The van der Waals surface area contributed by atoms with Gasteiger partial charge in [0.2, 0.25) is 0 Å².